The van der Waals surface area contributed by atoms with Crippen LogP contribution >= 0.6 is 0 Å². The Labute approximate surface area is 124 Å². The lowest BCUT2D eigenvalue weighted by molar-refractivity contribution is 0.0937. The lowest BCUT2D eigenvalue weighted by atomic mass is 10.0. The molecule has 1 heterocycles. The zero-order valence-electron chi connectivity index (χ0n) is 12.9. The number of carbonyl (C=O) groups excluding carboxylic acids is 2. The molecule has 21 heavy (non-hydrogen) atoms. The van der Waals surface area contributed by atoms with Gasteiger partial charge in [-0.25, -0.2) is 0 Å². The molecule has 112 valence electrons. The number of carbonyl (C=O) groups is 2. The molecule has 4 nitrogen and oxygen atoms in total. The molecular formula is C17H22N2O2. The van der Waals surface area contributed by atoms with E-state index in [4.69, 9.17) is 5.73 Å². The molecule has 4 heteroatoms. The average Bonchev–Trinajstić information content (AvgIpc) is 2.73. The fourth-order valence-electron chi connectivity index (χ4n) is 2.95. The van der Waals surface area contributed by atoms with Crippen molar-refractivity contribution >= 4 is 22.7 Å². The van der Waals surface area contributed by atoms with Crippen LogP contribution in [0.4, 0.5) is 0 Å². The Hall–Kier alpha value is -2.10. The van der Waals surface area contributed by atoms with Gasteiger partial charge in [0.1, 0.15) is 0 Å². The fraction of sp³-hybridized carbons (Fsp3) is 0.412. The Bertz CT molecular complexity index is 698. The molecule has 1 aromatic carbocycles. The van der Waals surface area contributed by atoms with Gasteiger partial charge in [0.25, 0.3) is 0 Å². The predicted molar refractivity (Wildman–Crippen MR) is 84.7 cm³/mol. The molecule has 2 N–H and O–H groups in total. The van der Waals surface area contributed by atoms with Crippen LogP contribution < -0.4 is 5.73 Å². The quantitative estimate of drug-likeness (QED) is 0.916. The third-order valence-corrected chi connectivity index (χ3v) is 3.77. The van der Waals surface area contributed by atoms with Gasteiger partial charge in [0.15, 0.2) is 0 Å². The monoisotopic (exact) mass is 286 g/mol. The van der Waals surface area contributed by atoms with Crippen LogP contribution in [0.1, 0.15) is 60.0 Å². The summed E-state index contributed by atoms with van der Waals surface area (Å²) in [4.78, 5) is 23.5. The smallest absolute Gasteiger partial charge is 0.248 e. The fourth-order valence-corrected chi connectivity index (χ4v) is 2.95. The van der Waals surface area contributed by atoms with Crippen molar-refractivity contribution in [2.45, 2.75) is 46.5 Å². The zero-order valence-corrected chi connectivity index (χ0v) is 12.9. The van der Waals surface area contributed by atoms with Crippen LogP contribution in [0, 0.1) is 0 Å². The minimum atomic E-state index is -0.438. The summed E-state index contributed by atoms with van der Waals surface area (Å²) in [5.74, 6) is -0.426. The number of primary amides is 1. The van der Waals surface area contributed by atoms with E-state index in [2.05, 4.69) is 13.8 Å². The topological polar surface area (TPSA) is 65.1 Å². The summed E-state index contributed by atoms with van der Waals surface area (Å²) < 4.78 is 1.79. The maximum atomic E-state index is 12.1. The largest absolute Gasteiger partial charge is 0.366 e. The van der Waals surface area contributed by atoms with E-state index in [0.29, 0.717) is 5.56 Å². The predicted octanol–water partition coefficient (Wildman–Crippen LogP) is 3.31. The van der Waals surface area contributed by atoms with E-state index in [1.165, 1.54) is 5.56 Å². The molecule has 0 fully saturated rings. The molecule has 0 radical (unpaired) electrons. The van der Waals surface area contributed by atoms with Crippen molar-refractivity contribution in [2.75, 3.05) is 0 Å². The number of nitrogens with two attached hydrogens (primary N) is 1. The van der Waals surface area contributed by atoms with Crippen LogP contribution in [0.25, 0.3) is 10.9 Å². The Balaban J connectivity index is 2.82. The molecule has 2 aromatic rings. The maximum absolute atomic E-state index is 12.1. The van der Waals surface area contributed by atoms with Crippen molar-refractivity contribution in [1.29, 1.82) is 0 Å². The van der Waals surface area contributed by atoms with Gasteiger partial charge >= 0.3 is 0 Å². The van der Waals surface area contributed by atoms with Crippen molar-refractivity contribution in [3.63, 3.8) is 0 Å². The summed E-state index contributed by atoms with van der Waals surface area (Å²) in [5, 5.41) is 0.979. The highest BCUT2D eigenvalue weighted by Gasteiger charge is 2.19. The first-order chi connectivity index (χ1) is 10.0. The summed E-state index contributed by atoms with van der Waals surface area (Å²) in [6.07, 6.45) is 3.72. The number of aryl methyl sites for hydroxylation is 1. The van der Waals surface area contributed by atoms with E-state index in [9.17, 15) is 9.59 Å². The molecule has 0 atom stereocenters. The van der Waals surface area contributed by atoms with Gasteiger partial charge in [-0.1, -0.05) is 26.7 Å². The second-order valence-electron chi connectivity index (χ2n) is 5.38. The molecule has 1 amide bonds. The van der Waals surface area contributed by atoms with Crippen molar-refractivity contribution < 1.29 is 9.59 Å². The van der Waals surface area contributed by atoms with E-state index in [-0.39, 0.29) is 5.91 Å². The second-order valence-corrected chi connectivity index (χ2v) is 5.38. The second kappa shape index (κ2) is 6.12. The molecule has 0 aliphatic heterocycles. The number of hydrogen-bond donors (Lipinski definition) is 1. The van der Waals surface area contributed by atoms with E-state index >= 15 is 0 Å². The zero-order chi connectivity index (χ0) is 15.6. The van der Waals surface area contributed by atoms with Gasteiger partial charge in [-0.3, -0.25) is 14.2 Å². The van der Waals surface area contributed by atoms with Crippen LogP contribution in [-0.4, -0.2) is 16.4 Å². The van der Waals surface area contributed by atoms with Crippen molar-refractivity contribution in [2.24, 2.45) is 5.73 Å². The van der Waals surface area contributed by atoms with E-state index in [1.54, 1.807) is 17.6 Å². The number of aromatic nitrogens is 1. The standard InChI is InChI=1S/C17H22N2O2/c1-4-6-13-14-10-12(17(18)21)8-9-16(14)19(11(3)20)15(13)7-5-2/h8-10H,4-7H2,1-3H3,(H2,18,21). The Morgan fingerprint density at radius 3 is 2.33 bits per heavy atom. The van der Waals surface area contributed by atoms with Crippen LogP contribution in [0.15, 0.2) is 18.2 Å². The van der Waals surface area contributed by atoms with Gasteiger partial charge in [0, 0.05) is 23.6 Å². The molecule has 0 spiro atoms. The lowest BCUT2D eigenvalue weighted by Crippen LogP contribution is -2.11. The minimum Gasteiger partial charge on any atom is -0.366 e. The average molecular weight is 286 g/mol. The van der Waals surface area contributed by atoms with Gasteiger partial charge in [-0.05, 0) is 36.6 Å². The molecule has 0 aliphatic rings. The van der Waals surface area contributed by atoms with Crippen LogP contribution in [0.3, 0.4) is 0 Å². The summed E-state index contributed by atoms with van der Waals surface area (Å²) in [6.45, 7) is 5.80. The van der Waals surface area contributed by atoms with Gasteiger partial charge in [-0.2, -0.15) is 0 Å². The first kappa shape index (κ1) is 15.3. The summed E-state index contributed by atoms with van der Waals surface area (Å²) in [7, 11) is 0. The number of benzene rings is 1. The third kappa shape index (κ3) is 2.71. The van der Waals surface area contributed by atoms with Gasteiger partial charge in [-0.15, -0.1) is 0 Å². The summed E-state index contributed by atoms with van der Waals surface area (Å²) >= 11 is 0. The lowest BCUT2D eigenvalue weighted by Gasteiger charge is -2.07. The van der Waals surface area contributed by atoms with Crippen LogP contribution in [0.2, 0.25) is 0 Å². The van der Waals surface area contributed by atoms with E-state index in [1.807, 2.05) is 12.1 Å². The molecule has 2 rings (SSSR count). The molecule has 0 unspecified atom stereocenters. The van der Waals surface area contributed by atoms with Gasteiger partial charge in [0.2, 0.25) is 11.8 Å². The first-order valence-electron chi connectivity index (χ1n) is 7.48. The van der Waals surface area contributed by atoms with E-state index < -0.39 is 5.91 Å². The highest BCUT2D eigenvalue weighted by Crippen LogP contribution is 2.29. The molecule has 0 bridgehead atoms. The highest BCUT2D eigenvalue weighted by atomic mass is 16.2. The molecule has 1 aromatic heterocycles. The number of hydrogen-bond acceptors (Lipinski definition) is 2. The number of rotatable bonds is 5. The Morgan fingerprint density at radius 2 is 1.81 bits per heavy atom. The molecule has 0 aliphatic carbocycles. The number of nitrogens with zero attached hydrogens (tertiary/aromatic N) is 1. The van der Waals surface area contributed by atoms with Crippen molar-refractivity contribution in [1.82, 2.24) is 4.57 Å². The van der Waals surface area contributed by atoms with E-state index in [0.717, 1.165) is 42.3 Å². The number of amides is 1. The normalized spacial score (nSPS) is 11.0. The van der Waals surface area contributed by atoms with Crippen LogP contribution in [-0.2, 0) is 12.8 Å². The van der Waals surface area contributed by atoms with Gasteiger partial charge in [0.05, 0.1) is 5.52 Å². The number of fused-ring (bicyclic) bond motifs is 1. The maximum Gasteiger partial charge on any atom is 0.248 e. The SMILES string of the molecule is CCCc1c(CCC)n(C(C)=O)c2ccc(C(N)=O)cc12. The molecule has 0 saturated carbocycles. The first-order valence-corrected chi connectivity index (χ1v) is 7.48. The van der Waals surface area contributed by atoms with Gasteiger partial charge < -0.3 is 5.73 Å². The summed E-state index contributed by atoms with van der Waals surface area (Å²) in [5.41, 5.74) is 8.99. The summed E-state index contributed by atoms with van der Waals surface area (Å²) in [6, 6.07) is 5.34. The van der Waals surface area contributed by atoms with Crippen LogP contribution in [0.5, 0.6) is 0 Å². The van der Waals surface area contributed by atoms with Crippen molar-refractivity contribution in [3.8, 4) is 0 Å². The molecule has 0 saturated heterocycles. The Kier molecular flexibility index (Phi) is 4.46. The Morgan fingerprint density at radius 1 is 1.14 bits per heavy atom. The third-order valence-electron chi connectivity index (χ3n) is 3.77. The minimum absolute atomic E-state index is 0.0117. The molecular weight excluding hydrogens is 264 g/mol. The highest BCUT2D eigenvalue weighted by molar-refractivity contribution is 6.01. The van der Waals surface area contributed by atoms with Crippen molar-refractivity contribution in [3.05, 3.63) is 35.0 Å².